The minimum atomic E-state index is 0.485. The second-order valence-electron chi connectivity index (χ2n) is 4.15. The molecule has 3 heteroatoms. The summed E-state index contributed by atoms with van der Waals surface area (Å²) in [6.07, 6.45) is 0. The Hall–Kier alpha value is -1.98. The molecule has 0 unspecified atom stereocenters. The summed E-state index contributed by atoms with van der Waals surface area (Å²) in [6, 6.07) is 15.8. The van der Waals surface area contributed by atoms with Crippen molar-refractivity contribution in [2.75, 3.05) is 5.32 Å². The van der Waals surface area contributed by atoms with Gasteiger partial charge in [0.25, 0.3) is 0 Å². The molecule has 0 amide bonds. The van der Waals surface area contributed by atoms with Gasteiger partial charge in [-0.15, -0.1) is 0 Å². The maximum atomic E-state index is 8.90. The van der Waals surface area contributed by atoms with Crippen LogP contribution in [0.25, 0.3) is 0 Å². The SMILES string of the molecule is Cc1cccc(CNc2ccc(Cl)c(C#N)c2)c1. The van der Waals surface area contributed by atoms with Gasteiger partial charge in [-0.1, -0.05) is 41.4 Å². The van der Waals surface area contributed by atoms with Crippen LogP contribution in [0, 0.1) is 18.3 Å². The third-order valence-corrected chi connectivity index (χ3v) is 3.00. The van der Waals surface area contributed by atoms with Crippen molar-refractivity contribution in [1.29, 1.82) is 5.26 Å². The van der Waals surface area contributed by atoms with E-state index in [2.05, 4.69) is 36.5 Å². The normalized spacial score (nSPS) is 9.83. The number of rotatable bonds is 3. The molecule has 0 heterocycles. The minimum Gasteiger partial charge on any atom is -0.381 e. The number of nitrogens with one attached hydrogen (secondary N) is 1. The summed E-state index contributed by atoms with van der Waals surface area (Å²) < 4.78 is 0. The minimum absolute atomic E-state index is 0.485. The Morgan fingerprint density at radius 1 is 1.22 bits per heavy atom. The fourth-order valence-electron chi connectivity index (χ4n) is 1.75. The average Bonchev–Trinajstić information content (AvgIpc) is 2.38. The van der Waals surface area contributed by atoms with E-state index >= 15 is 0 Å². The second kappa shape index (κ2) is 5.57. The Kier molecular flexibility index (Phi) is 3.86. The molecule has 1 N–H and O–H groups in total. The number of hydrogen-bond donors (Lipinski definition) is 1. The molecule has 0 saturated carbocycles. The predicted octanol–water partition coefficient (Wildman–Crippen LogP) is 4.13. The van der Waals surface area contributed by atoms with Crippen LogP contribution >= 0.6 is 11.6 Å². The molecule has 0 atom stereocenters. The van der Waals surface area contributed by atoms with E-state index in [1.807, 2.05) is 12.1 Å². The Balaban J connectivity index is 2.09. The zero-order valence-electron chi connectivity index (χ0n) is 10.1. The van der Waals surface area contributed by atoms with Crippen LogP contribution in [0.15, 0.2) is 42.5 Å². The van der Waals surface area contributed by atoms with E-state index in [0.29, 0.717) is 10.6 Å². The number of halogens is 1. The fourth-order valence-corrected chi connectivity index (χ4v) is 1.91. The zero-order chi connectivity index (χ0) is 13.0. The van der Waals surface area contributed by atoms with E-state index in [4.69, 9.17) is 16.9 Å². The Labute approximate surface area is 112 Å². The van der Waals surface area contributed by atoms with Crippen LogP contribution in [0.2, 0.25) is 5.02 Å². The van der Waals surface area contributed by atoms with E-state index < -0.39 is 0 Å². The molecule has 0 aromatic heterocycles. The van der Waals surface area contributed by atoms with Gasteiger partial charge < -0.3 is 5.32 Å². The summed E-state index contributed by atoms with van der Waals surface area (Å²) in [5.74, 6) is 0. The van der Waals surface area contributed by atoms with Gasteiger partial charge in [0.05, 0.1) is 10.6 Å². The lowest BCUT2D eigenvalue weighted by Crippen LogP contribution is -1.99. The molecule has 0 aliphatic rings. The van der Waals surface area contributed by atoms with Gasteiger partial charge in [0.15, 0.2) is 0 Å². The van der Waals surface area contributed by atoms with Crippen molar-refractivity contribution in [2.45, 2.75) is 13.5 Å². The molecule has 18 heavy (non-hydrogen) atoms. The van der Waals surface area contributed by atoms with Gasteiger partial charge in [0.1, 0.15) is 6.07 Å². The van der Waals surface area contributed by atoms with Gasteiger partial charge in [-0.05, 0) is 30.7 Å². The number of benzene rings is 2. The molecule has 2 aromatic carbocycles. The third kappa shape index (κ3) is 3.03. The molecule has 90 valence electrons. The summed E-state index contributed by atoms with van der Waals surface area (Å²) in [7, 11) is 0. The van der Waals surface area contributed by atoms with Crippen LogP contribution in [-0.2, 0) is 6.54 Å². The maximum Gasteiger partial charge on any atom is 0.101 e. The summed E-state index contributed by atoms with van der Waals surface area (Å²) in [6.45, 7) is 2.80. The van der Waals surface area contributed by atoms with E-state index in [1.54, 1.807) is 12.1 Å². The van der Waals surface area contributed by atoms with Crippen molar-refractivity contribution in [3.8, 4) is 6.07 Å². The number of nitrogens with zero attached hydrogens (tertiary/aromatic N) is 1. The first kappa shape index (κ1) is 12.5. The van der Waals surface area contributed by atoms with Crippen molar-refractivity contribution in [3.05, 3.63) is 64.2 Å². The summed E-state index contributed by atoms with van der Waals surface area (Å²) in [5.41, 5.74) is 3.84. The van der Waals surface area contributed by atoms with Gasteiger partial charge in [-0.3, -0.25) is 0 Å². The highest BCUT2D eigenvalue weighted by atomic mass is 35.5. The van der Waals surface area contributed by atoms with Crippen molar-refractivity contribution in [2.24, 2.45) is 0 Å². The largest absolute Gasteiger partial charge is 0.381 e. The highest BCUT2D eigenvalue weighted by Gasteiger charge is 2.01. The molecule has 0 spiro atoms. The van der Waals surface area contributed by atoms with E-state index in [9.17, 15) is 0 Å². The summed E-state index contributed by atoms with van der Waals surface area (Å²) in [5, 5.41) is 12.7. The monoisotopic (exact) mass is 256 g/mol. The van der Waals surface area contributed by atoms with Gasteiger partial charge in [-0.2, -0.15) is 5.26 Å². The maximum absolute atomic E-state index is 8.90. The Bertz CT molecular complexity index is 600. The van der Waals surface area contributed by atoms with E-state index in [0.717, 1.165) is 12.2 Å². The van der Waals surface area contributed by atoms with E-state index in [-0.39, 0.29) is 0 Å². The van der Waals surface area contributed by atoms with Gasteiger partial charge in [-0.25, -0.2) is 0 Å². The molecule has 0 bridgehead atoms. The summed E-state index contributed by atoms with van der Waals surface area (Å²) >= 11 is 5.88. The number of aryl methyl sites for hydroxylation is 1. The topological polar surface area (TPSA) is 35.8 Å². The molecule has 0 saturated heterocycles. The first-order valence-corrected chi connectivity index (χ1v) is 6.06. The lowest BCUT2D eigenvalue weighted by Gasteiger charge is -2.08. The Morgan fingerprint density at radius 2 is 2.06 bits per heavy atom. The molecule has 0 fully saturated rings. The molecule has 2 rings (SSSR count). The summed E-state index contributed by atoms with van der Waals surface area (Å²) in [4.78, 5) is 0. The van der Waals surface area contributed by atoms with Crippen molar-refractivity contribution in [1.82, 2.24) is 0 Å². The van der Waals surface area contributed by atoms with Gasteiger partial charge in [0, 0.05) is 12.2 Å². The molecule has 0 radical (unpaired) electrons. The number of hydrogen-bond acceptors (Lipinski definition) is 2. The molecular formula is C15H13ClN2. The zero-order valence-corrected chi connectivity index (χ0v) is 10.8. The van der Waals surface area contributed by atoms with E-state index in [1.165, 1.54) is 11.1 Å². The van der Waals surface area contributed by atoms with Gasteiger partial charge in [0.2, 0.25) is 0 Å². The molecule has 0 aliphatic carbocycles. The van der Waals surface area contributed by atoms with Crippen LogP contribution in [0.3, 0.4) is 0 Å². The highest BCUT2D eigenvalue weighted by molar-refractivity contribution is 6.31. The van der Waals surface area contributed by atoms with Crippen LogP contribution in [0.1, 0.15) is 16.7 Å². The standard InChI is InChI=1S/C15H13ClN2/c1-11-3-2-4-12(7-11)10-18-14-5-6-15(16)13(8-14)9-17/h2-8,18H,10H2,1H3. The van der Waals surface area contributed by atoms with Crippen molar-refractivity contribution >= 4 is 17.3 Å². The average molecular weight is 257 g/mol. The third-order valence-electron chi connectivity index (χ3n) is 2.67. The first-order chi connectivity index (χ1) is 8.69. The van der Waals surface area contributed by atoms with Crippen LogP contribution in [0.4, 0.5) is 5.69 Å². The second-order valence-corrected chi connectivity index (χ2v) is 4.56. The molecule has 2 nitrogen and oxygen atoms in total. The smallest absolute Gasteiger partial charge is 0.101 e. The lowest BCUT2D eigenvalue weighted by atomic mass is 10.1. The molecule has 0 aliphatic heterocycles. The Morgan fingerprint density at radius 3 is 2.78 bits per heavy atom. The van der Waals surface area contributed by atoms with Crippen LogP contribution < -0.4 is 5.32 Å². The van der Waals surface area contributed by atoms with Gasteiger partial charge >= 0.3 is 0 Å². The van der Waals surface area contributed by atoms with Crippen molar-refractivity contribution in [3.63, 3.8) is 0 Å². The lowest BCUT2D eigenvalue weighted by molar-refractivity contribution is 1.14. The fraction of sp³-hybridized carbons (Fsp3) is 0.133. The van der Waals surface area contributed by atoms with Crippen LogP contribution in [0.5, 0.6) is 0 Å². The molecule has 2 aromatic rings. The highest BCUT2D eigenvalue weighted by Crippen LogP contribution is 2.20. The number of anilines is 1. The first-order valence-electron chi connectivity index (χ1n) is 5.68. The quantitative estimate of drug-likeness (QED) is 0.896. The number of nitriles is 1. The molecular weight excluding hydrogens is 244 g/mol. The van der Waals surface area contributed by atoms with Crippen molar-refractivity contribution < 1.29 is 0 Å². The van der Waals surface area contributed by atoms with Crippen LogP contribution in [-0.4, -0.2) is 0 Å². The predicted molar refractivity (Wildman–Crippen MR) is 74.7 cm³/mol.